The minimum absolute atomic E-state index is 0.189. The molecule has 3 atom stereocenters. The topological polar surface area (TPSA) is 92.4 Å². The van der Waals surface area contributed by atoms with Crippen LogP contribution in [0.3, 0.4) is 0 Å². The fraction of sp³-hybridized carbons (Fsp3) is 0.714. The minimum Gasteiger partial charge on any atom is -0.374 e. The molecule has 1 heterocycles. The summed E-state index contributed by atoms with van der Waals surface area (Å²) in [6.07, 6.45) is -0.470. The van der Waals surface area contributed by atoms with Gasteiger partial charge in [0.2, 0.25) is 11.8 Å². The number of nitrogens with one attached hydrogen (secondary N) is 1. The van der Waals surface area contributed by atoms with Gasteiger partial charge in [0.15, 0.2) is 0 Å². The van der Waals surface area contributed by atoms with Crippen molar-refractivity contribution in [3.63, 3.8) is 0 Å². The van der Waals surface area contributed by atoms with E-state index in [2.05, 4.69) is 5.32 Å². The molecule has 68 valence electrons. The molecular weight excluding hydrogens is 160 g/mol. The quantitative estimate of drug-likeness (QED) is 0.423. The van der Waals surface area contributed by atoms with Gasteiger partial charge in [0, 0.05) is 0 Å². The molecule has 0 saturated carbocycles. The van der Waals surface area contributed by atoms with E-state index < -0.39 is 24.0 Å². The molecule has 0 aliphatic carbocycles. The van der Waals surface area contributed by atoms with E-state index in [1.807, 2.05) is 0 Å². The SMILES string of the molecule is CC1CC(O)NC(=O)C1C(N)=O. The number of hydrogen-bond acceptors (Lipinski definition) is 3. The predicted molar refractivity (Wildman–Crippen MR) is 40.6 cm³/mol. The number of nitrogens with two attached hydrogens (primary N) is 1. The maximum atomic E-state index is 11.1. The number of amides is 2. The summed E-state index contributed by atoms with van der Waals surface area (Å²) in [7, 11) is 0. The van der Waals surface area contributed by atoms with Crippen LogP contribution < -0.4 is 11.1 Å². The van der Waals surface area contributed by atoms with Gasteiger partial charge in [0.05, 0.1) is 0 Å². The van der Waals surface area contributed by atoms with E-state index in [4.69, 9.17) is 10.8 Å². The Morgan fingerprint density at radius 3 is 2.75 bits per heavy atom. The van der Waals surface area contributed by atoms with Crippen LogP contribution in [-0.2, 0) is 9.59 Å². The van der Waals surface area contributed by atoms with Crippen LogP contribution >= 0.6 is 0 Å². The van der Waals surface area contributed by atoms with E-state index in [9.17, 15) is 9.59 Å². The molecule has 1 fully saturated rings. The first-order chi connectivity index (χ1) is 5.52. The van der Waals surface area contributed by atoms with Crippen LogP contribution in [-0.4, -0.2) is 23.1 Å². The fourth-order valence-corrected chi connectivity index (χ4v) is 1.47. The summed E-state index contributed by atoms with van der Waals surface area (Å²) in [6.45, 7) is 1.72. The molecule has 1 rings (SSSR count). The molecule has 2 amide bonds. The van der Waals surface area contributed by atoms with Gasteiger partial charge in [-0.2, -0.15) is 0 Å². The summed E-state index contributed by atoms with van der Waals surface area (Å²) in [5.74, 6) is -2.10. The summed E-state index contributed by atoms with van der Waals surface area (Å²) >= 11 is 0. The van der Waals surface area contributed by atoms with Gasteiger partial charge in [-0.25, -0.2) is 0 Å². The van der Waals surface area contributed by atoms with Gasteiger partial charge in [0.1, 0.15) is 12.1 Å². The van der Waals surface area contributed by atoms with Gasteiger partial charge >= 0.3 is 0 Å². The Morgan fingerprint density at radius 2 is 2.33 bits per heavy atom. The maximum absolute atomic E-state index is 11.1. The molecule has 1 aliphatic rings. The van der Waals surface area contributed by atoms with Gasteiger partial charge in [-0.15, -0.1) is 0 Å². The van der Waals surface area contributed by atoms with Crippen molar-refractivity contribution in [3.8, 4) is 0 Å². The lowest BCUT2D eigenvalue weighted by Crippen LogP contribution is -2.52. The number of piperidine rings is 1. The first kappa shape index (κ1) is 8.99. The van der Waals surface area contributed by atoms with Crippen LogP contribution in [0, 0.1) is 11.8 Å². The van der Waals surface area contributed by atoms with E-state index in [0.29, 0.717) is 6.42 Å². The zero-order valence-corrected chi connectivity index (χ0v) is 6.78. The Morgan fingerprint density at radius 1 is 1.75 bits per heavy atom. The second kappa shape index (κ2) is 3.10. The van der Waals surface area contributed by atoms with Crippen molar-refractivity contribution in [3.05, 3.63) is 0 Å². The van der Waals surface area contributed by atoms with Crippen LogP contribution in [0.25, 0.3) is 0 Å². The molecule has 5 nitrogen and oxygen atoms in total. The average molecular weight is 172 g/mol. The third-order valence-electron chi connectivity index (χ3n) is 2.06. The molecule has 0 aromatic carbocycles. The molecule has 0 radical (unpaired) electrons. The number of carbonyl (C=O) groups is 2. The molecule has 4 N–H and O–H groups in total. The highest BCUT2D eigenvalue weighted by Crippen LogP contribution is 2.21. The van der Waals surface area contributed by atoms with Gasteiger partial charge in [0.25, 0.3) is 0 Å². The molecule has 1 saturated heterocycles. The standard InChI is InChI=1S/C7H12N2O3/c1-3-2-4(10)9-7(12)5(3)6(8)11/h3-5,10H,2H2,1H3,(H2,8,11)(H,9,12). The number of aliphatic hydroxyl groups excluding tert-OH is 1. The van der Waals surface area contributed by atoms with Gasteiger partial charge in [-0.1, -0.05) is 6.92 Å². The van der Waals surface area contributed by atoms with Crippen molar-refractivity contribution in [2.24, 2.45) is 17.6 Å². The van der Waals surface area contributed by atoms with Crippen LogP contribution in [0.5, 0.6) is 0 Å². The second-order valence-corrected chi connectivity index (χ2v) is 3.12. The van der Waals surface area contributed by atoms with Crippen molar-refractivity contribution in [1.82, 2.24) is 5.32 Å². The molecule has 0 aromatic rings. The normalized spacial score (nSPS) is 35.8. The molecule has 1 aliphatic heterocycles. The van der Waals surface area contributed by atoms with Crippen molar-refractivity contribution in [2.45, 2.75) is 19.6 Å². The first-order valence-corrected chi connectivity index (χ1v) is 3.80. The van der Waals surface area contributed by atoms with Crippen molar-refractivity contribution in [1.29, 1.82) is 0 Å². The van der Waals surface area contributed by atoms with E-state index in [-0.39, 0.29) is 5.92 Å². The number of aliphatic hydroxyl groups is 1. The largest absolute Gasteiger partial charge is 0.374 e. The highest BCUT2D eigenvalue weighted by atomic mass is 16.3. The maximum Gasteiger partial charge on any atom is 0.234 e. The summed E-state index contributed by atoms with van der Waals surface area (Å²) in [4.78, 5) is 21.8. The monoisotopic (exact) mass is 172 g/mol. The smallest absolute Gasteiger partial charge is 0.234 e. The highest BCUT2D eigenvalue weighted by molar-refractivity contribution is 6.00. The predicted octanol–water partition coefficient (Wildman–Crippen LogP) is -1.44. The van der Waals surface area contributed by atoms with Gasteiger partial charge in [-0.05, 0) is 12.3 Å². The van der Waals surface area contributed by atoms with E-state index in [1.54, 1.807) is 6.92 Å². The Bertz CT molecular complexity index is 217. The Balaban J connectivity index is 2.73. The molecule has 3 unspecified atom stereocenters. The van der Waals surface area contributed by atoms with E-state index >= 15 is 0 Å². The Hall–Kier alpha value is -1.10. The Kier molecular flexibility index (Phi) is 2.32. The molecule has 0 bridgehead atoms. The summed E-state index contributed by atoms with van der Waals surface area (Å²) < 4.78 is 0. The van der Waals surface area contributed by atoms with Crippen LogP contribution in [0.1, 0.15) is 13.3 Å². The lowest BCUT2D eigenvalue weighted by Gasteiger charge is -2.29. The average Bonchev–Trinajstić information content (AvgIpc) is 1.82. The van der Waals surface area contributed by atoms with Crippen LogP contribution in [0.2, 0.25) is 0 Å². The second-order valence-electron chi connectivity index (χ2n) is 3.12. The molecule has 5 heteroatoms. The third-order valence-corrected chi connectivity index (χ3v) is 2.06. The first-order valence-electron chi connectivity index (χ1n) is 3.80. The van der Waals surface area contributed by atoms with Crippen molar-refractivity contribution in [2.75, 3.05) is 0 Å². The molecule has 12 heavy (non-hydrogen) atoms. The number of primary amides is 1. The highest BCUT2D eigenvalue weighted by Gasteiger charge is 2.36. The lowest BCUT2D eigenvalue weighted by atomic mass is 9.86. The van der Waals surface area contributed by atoms with Gasteiger partial charge in [-0.3, -0.25) is 9.59 Å². The Labute approximate surface area is 69.9 Å². The van der Waals surface area contributed by atoms with E-state index in [1.165, 1.54) is 0 Å². The zero-order chi connectivity index (χ0) is 9.30. The zero-order valence-electron chi connectivity index (χ0n) is 6.78. The summed E-state index contributed by atoms with van der Waals surface area (Å²) in [6, 6.07) is 0. The third kappa shape index (κ3) is 1.55. The summed E-state index contributed by atoms with van der Waals surface area (Å²) in [5.41, 5.74) is 5.01. The van der Waals surface area contributed by atoms with Gasteiger partial charge < -0.3 is 16.2 Å². The fourth-order valence-electron chi connectivity index (χ4n) is 1.47. The number of carbonyl (C=O) groups excluding carboxylic acids is 2. The van der Waals surface area contributed by atoms with Crippen molar-refractivity contribution < 1.29 is 14.7 Å². The number of hydrogen-bond donors (Lipinski definition) is 3. The number of rotatable bonds is 1. The summed E-state index contributed by atoms with van der Waals surface area (Å²) in [5, 5.41) is 11.3. The molecule has 0 aromatic heterocycles. The van der Waals surface area contributed by atoms with Crippen LogP contribution in [0.4, 0.5) is 0 Å². The van der Waals surface area contributed by atoms with Crippen molar-refractivity contribution >= 4 is 11.8 Å². The molecule has 0 spiro atoms. The minimum atomic E-state index is -0.844. The lowest BCUT2D eigenvalue weighted by molar-refractivity contribution is -0.141. The van der Waals surface area contributed by atoms with E-state index in [0.717, 1.165) is 0 Å². The molecular formula is C7H12N2O3. The van der Waals surface area contributed by atoms with Crippen LogP contribution in [0.15, 0.2) is 0 Å².